The van der Waals surface area contributed by atoms with Crippen LogP contribution < -0.4 is 0 Å². The monoisotopic (exact) mass is 220 g/mol. The van der Waals surface area contributed by atoms with E-state index in [2.05, 4.69) is 18.2 Å². The van der Waals surface area contributed by atoms with E-state index in [1.54, 1.807) is 7.11 Å². The number of fused-ring (bicyclic) bond motifs is 1. The minimum atomic E-state index is -0.618. The fourth-order valence-electron chi connectivity index (χ4n) is 2.67. The maximum absolute atomic E-state index is 10.7. The lowest BCUT2D eigenvalue weighted by atomic mass is 9.77. The highest BCUT2D eigenvalue weighted by molar-refractivity contribution is 5.34. The first-order valence-corrected chi connectivity index (χ1v) is 6.06. The van der Waals surface area contributed by atoms with Gasteiger partial charge >= 0.3 is 0 Å². The number of aliphatic hydroxyl groups is 1. The summed E-state index contributed by atoms with van der Waals surface area (Å²) in [6.07, 6.45) is 4.79. The SMILES string of the molecule is COCCCC1(O)CCCc2ccccc21. The molecule has 0 saturated heterocycles. The first-order chi connectivity index (χ1) is 7.76. The summed E-state index contributed by atoms with van der Waals surface area (Å²) in [4.78, 5) is 0. The molecule has 0 aliphatic heterocycles. The van der Waals surface area contributed by atoms with Gasteiger partial charge in [-0.1, -0.05) is 24.3 Å². The van der Waals surface area contributed by atoms with Crippen molar-refractivity contribution in [1.29, 1.82) is 0 Å². The number of aryl methyl sites for hydroxylation is 1. The van der Waals surface area contributed by atoms with Gasteiger partial charge in [-0.3, -0.25) is 0 Å². The van der Waals surface area contributed by atoms with Gasteiger partial charge in [0.2, 0.25) is 0 Å². The van der Waals surface area contributed by atoms with E-state index in [0.29, 0.717) is 0 Å². The van der Waals surface area contributed by atoms with Gasteiger partial charge in [0.15, 0.2) is 0 Å². The molecule has 0 radical (unpaired) electrons. The summed E-state index contributed by atoms with van der Waals surface area (Å²) in [5.41, 5.74) is 1.83. The zero-order chi connectivity index (χ0) is 11.4. The molecule has 0 heterocycles. The molecule has 1 N–H and O–H groups in total. The van der Waals surface area contributed by atoms with Crippen LogP contribution in [0.15, 0.2) is 24.3 Å². The van der Waals surface area contributed by atoms with Gasteiger partial charge in [-0.25, -0.2) is 0 Å². The molecule has 0 amide bonds. The Hall–Kier alpha value is -0.860. The quantitative estimate of drug-likeness (QED) is 0.790. The van der Waals surface area contributed by atoms with E-state index >= 15 is 0 Å². The predicted octanol–water partition coefficient (Wildman–Crippen LogP) is 2.64. The van der Waals surface area contributed by atoms with E-state index in [0.717, 1.165) is 44.3 Å². The van der Waals surface area contributed by atoms with E-state index in [9.17, 15) is 5.11 Å². The molecule has 0 aromatic heterocycles. The van der Waals surface area contributed by atoms with Crippen molar-refractivity contribution in [2.75, 3.05) is 13.7 Å². The number of benzene rings is 1. The van der Waals surface area contributed by atoms with Crippen molar-refractivity contribution in [2.24, 2.45) is 0 Å². The second kappa shape index (κ2) is 4.98. The zero-order valence-electron chi connectivity index (χ0n) is 9.91. The molecule has 1 unspecified atom stereocenters. The number of methoxy groups -OCH3 is 1. The Balaban J connectivity index is 2.16. The van der Waals surface area contributed by atoms with Gasteiger partial charge < -0.3 is 9.84 Å². The van der Waals surface area contributed by atoms with Crippen LogP contribution in [0.2, 0.25) is 0 Å². The maximum Gasteiger partial charge on any atom is 0.0900 e. The van der Waals surface area contributed by atoms with Gasteiger partial charge in [-0.2, -0.15) is 0 Å². The van der Waals surface area contributed by atoms with Crippen molar-refractivity contribution in [3.63, 3.8) is 0 Å². The van der Waals surface area contributed by atoms with Crippen LogP contribution >= 0.6 is 0 Å². The van der Waals surface area contributed by atoms with E-state index in [1.165, 1.54) is 5.56 Å². The molecule has 88 valence electrons. The molecule has 2 nitrogen and oxygen atoms in total. The third-order valence-electron chi connectivity index (χ3n) is 3.49. The fourth-order valence-corrected chi connectivity index (χ4v) is 2.67. The van der Waals surface area contributed by atoms with Crippen LogP contribution in [0.4, 0.5) is 0 Å². The molecule has 1 aromatic carbocycles. The Kier molecular flexibility index (Phi) is 3.62. The minimum absolute atomic E-state index is 0.618. The largest absolute Gasteiger partial charge is 0.385 e. The van der Waals surface area contributed by atoms with Crippen molar-refractivity contribution in [3.05, 3.63) is 35.4 Å². The summed E-state index contributed by atoms with van der Waals surface area (Å²) in [5.74, 6) is 0. The second-order valence-electron chi connectivity index (χ2n) is 4.64. The lowest BCUT2D eigenvalue weighted by Crippen LogP contribution is -2.30. The second-order valence-corrected chi connectivity index (χ2v) is 4.64. The lowest BCUT2D eigenvalue weighted by molar-refractivity contribution is 0.00235. The average molecular weight is 220 g/mol. The van der Waals surface area contributed by atoms with Gasteiger partial charge in [0, 0.05) is 13.7 Å². The standard InChI is InChI=1S/C14H20O2/c1-16-11-5-10-14(15)9-4-7-12-6-2-3-8-13(12)14/h2-3,6,8,15H,4-5,7,9-11H2,1H3. The van der Waals surface area contributed by atoms with Gasteiger partial charge in [-0.15, -0.1) is 0 Å². The van der Waals surface area contributed by atoms with E-state index < -0.39 is 5.60 Å². The molecule has 1 aliphatic carbocycles. The summed E-state index contributed by atoms with van der Waals surface area (Å²) >= 11 is 0. The molecule has 2 rings (SSSR count). The molecule has 2 heteroatoms. The van der Waals surface area contributed by atoms with Crippen LogP contribution in [0.5, 0.6) is 0 Å². The van der Waals surface area contributed by atoms with Crippen LogP contribution in [-0.4, -0.2) is 18.8 Å². The summed E-state index contributed by atoms with van der Waals surface area (Å²) < 4.78 is 5.05. The summed E-state index contributed by atoms with van der Waals surface area (Å²) in [7, 11) is 1.71. The number of hydrogen-bond donors (Lipinski definition) is 1. The van der Waals surface area contributed by atoms with Crippen LogP contribution in [0.25, 0.3) is 0 Å². The van der Waals surface area contributed by atoms with Crippen LogP contribution in [-0.2, 0) is 16.8 Å². The molecule has 0 saturated carbocycles. The third-order valence-corrected chi connectivity index (χ3v) is 3.49. The van der Waals surface area contributed by atoms with Gasteiger partial charge in [0.1, 0.15) is 0 Å². The van der Waals surface area contributed by atoms with Crippen LogP contribution in [0.3, 0.4) is 0 Å². The molecule has 0 fully saturated rings. The summed E-state index contributed by atoms with van der Waals surface area (Å²) in [5, 5.41) is 10.7. The van der Waals surface area contributed by atoms with Crippen LogP contribution in [0.1, 0.15) is 36.8 Å². The molecule has 1 aromatic rings. The molecule has 16 heavy (non-hydrogen) atoms. The Morgan fingerprint density at radius 3 is 3.00 bits per heavy atom. The maximum atomic E-state index is 10.7. The topological polar surface area (TPSA) is 29.5 Å². The predicted molar refractivity (Wildman–Crippen MR) is 64.4 cm³/mol. The number of ether oxygens (including phenoxy) is 1. The smallest absolute Gasteiger partial charge is 0.0900 e. The van der Waals surface area contributed by atoms with Crippen molar-refractivity contribution in [2.45, 2.75) is 37.7 Å². The van der Waals surface area contributed by atoms with E-state index in [1.807, 2.05) is 6.07 Å². The average Bonchev–Trinajstić information content (AvgIpc) is 2.30. The van der Waals surface area contributed by atoms with Crippen molar-refractivity contribution < 1.29 is 9.84 Å². The fraction of sp³-hybridized carbons (Fsp3) is 0.571. The Labute approximate surface area is 97.3 Å². The molecule has 0 bridgehead atoms. The highest BCUT2D eigenvalue weighted by Crippen LogP contribution is 2.38. The normalized spacial score (nSPS) is 24.1. The Bertz CT molecular complexity index is 348. The van der Waals surface area contributed by atoms with E-state index in [-0.39, 0.29) is 0 Å². The highest BCUT2D eigenvalue weighted by Gasteiger charge is 2.33. The van der Waals surface area contributed by atoms with Gasteiger partial charge in [0.05, 0.1) is 5.60 Å². The van der Waals surface area contributed by atoms with Crippen molar-refractivity contribution in [3.8, 4) is 0 Å². The number of hydrogen-bond acceptors (Lipinski definition) is 2. The van der Waals surface area contributed by atoms with Gasteiger partial charge in [-0.05, 0) is 43.2 Å². The lowest BCUT2D eigenvalue weighted by Gasteiger charge is -2.34. The number of rotatable bonds is 4. The van der Waals surface area contributed by atoms with Crippen LogP contribution in [0, 0.1) is 0 Å². The minimum Gasteiger partial charge on any atom is -0.385 e. The van der Waals surface area contributed by atoms with Crippen molar-refractivity contribution in [1.82, 2.24) is 0 Å². The molecular weight excluding hydrogens is 200 g/mol. The highest BCUT2D eigenvalue weighted by atomic mass is 16.5. The first-order valence-electron chi connectivity index (χ1n) is 6.06. The first kappa shape index (κ1) is 11.6. The molecular formula is C14H20O2. The zero-order valence-corrected chi connectivity index (χ0v) is 9.91. The summed E-state index contributed by atoms with van der Waals surface area (Å²) in [6.45, 7) is 0.727. The van der Waals surface area contributed by atoms with Gasteiger partial charge in [0.25, 0.3) is 0 Å². The van der Waals surface area contributed by atoms with Crippen molar-refractivity contribution >= 4 is 0 Å². The third kappa shape index (κ3) is 2.28. The molecule has 1 atom stereocenters. The molecule has 0 spiro atoms. The molecule has 1 aliphatic rings. The van der Waals surface area contributed by atoms with E-state index in [4.69, 9.17) is 4.74 Å². The summed E-state index contributed by atoms with van der Waals surface area (Å²) in [6, 6.07) is 8.28. The Morgan fingerprint density at radius 1 is 1.38 bits per heavy atom. The Morgan fingerprint density at radius 2 is 2.19 bits per heavy atom.